The van der Waals surface area contributed by atoms with Gasteiger partial charge in [0.2, 0.25) is 0 Å². The molecule has 23 heavy (non-hydrogen) atoms. The number of aliphatic hydroxyl groups excluding tert-OH is 1. The van der Waals surface area contributed by atoms with Gasteiger partial charge in [0.05, 0.1) is 18.8 Å². The van der Waals surface area contributed by atoms with Gasteiger partial charge in [0.15, 0.2) is 5.69 Å². The van der Waals surface area contributed by atoms with Crippen molar-refractivity contribution in [1.29, 1.82) is 0 Å². The van der Waals surface area contributed by atoms with Gasteiger partial charge in [0.1, 0.15) is 0 Å². The lowest BCUT2D eigenvalue weighted by Crippen LogP contribution is -2.40. The van der Waals surface area contributed by atoms with Crippen LogP contribution >= 0.6 is 0 Å². The molecule has 6 nitrogen and oxygen atoms in total. The van der Waals surface area contributed by atoms with Crippen molar-refractivity contribution in [3.63, 3.8) is 0 Å². The number of nitrogens with one attached hydrogen (secondary N) is 1. The van der Waals surface area contributed by atoms with Gasteiger partial charge in [-0.2, -0.15) is 5.10 Å². The Hall–Kier alpha value is -1.40. The Bertz CT molecular complexity index is 566. The van der Waals surface area contributed by atoms with Crippen molar-refractivity contribution in [2.45, 2.75) is 71.5 Å². The Labute approximate surface area is 138 Å². The maximum atomic E-state index is 12.3. The van der Waals surface area contributed by atoms with E-state index in [1.807, 2.05) is 11.6 Å². The minimum Gasteiger partial charge on any atom is -0.461 e. The van der Waals surface area contributed by atoms with E-state index in [0.717, 1.165) is 30.5 Å². The fourth-order valence-electron chi connectivity index (χ4n) is 3.05. The van der Waals surface area contributed by atoms with Crippen LogP contribution in [0.2, 0.25) is 0 Å². The predicted molar refractivity (Wildman–Crippen MR) is 88.7 cm³/mol. The largest absolute Gasteiger partial charge is 0.461 e. The van der Waals surface area contributed by atoms with Crippen molar-refractivity contribution in [1.82, 2.24) is 15.1 Å². The highest BCUT2D eigenvalue weighted by Gasteiger charge is 2.36. The lowest BCUT2D eigenvalue weighted by atomic mass is 10.0. The molecule has 0 amide bonds. The van der Waals surface area contributed by atoms with Crippen molar-refractivity contribution in [2.24, 2.45) is 0 Å². The number of rotatable bonds is 7. The molecule has 0 aromatic carbocycles. The molecular formula is C17H29N3O3. The highest BCUT2D eigenvalue weighted by atomic mass is 16.5. The van der Waals surface area contributed by atoms with Crippen LogP contribution in [-0.2, 0) is 23.1 Å². The van der Waals surface area contributed by atoms with Gasteiger partial charge in [-0.15, -0.1) is 0 Å². The van der Waals surface area contributed by atoms with E-state index in [-0.39, 0.29) is 30.2 Å². The topological polar surface area (TPSA) is 76.4 Å². The zero-order chi connectivity index (χ0) is 17.2. The summed E-state index contributed by atoms with van der Waals surface area (Å²) >= 11 is 0. The minimum atomic E-state index is -0.342. The molecule has 0 fully saturated rings. The number of carbonyl (C=O) groups is 1. The van der Waals surface area contributed by atoms with Gasteiger partial charge in [0.25, 0.3) is 0 Å². The smallest absolute Gasteiger partial charge is 0.359 e. The standard InChI is InChI=1S/C17H29N3O3/c1-6-17(4,5)20-14-9-12(18-11(3)10-21)8-13(14)15(19-20)16(22)23-7-2/h11-12,18,21H,6-10H2,1-5H3. The number of nitrogens with zero attached hydrogens (tertiary/aromatic N) is 2. The van der Waals surface area contributed by atoms with E-state index in [9.17, 15) is 9.90 Å². The predicted octanol–water partition coefficient (Wildman–Crippen LogP) is 1.64. The molecule has 2 atom stereocenters. The van der Waals surface area contributed by atoms with Gasteiger partial charge in [-0.05, 0) is 40.5 Å². The molecule has 1 aromatic heterocycles. The van der Waals surface area contributed by atoms with Crippen LogP contribution in [0, 0.1) is 0 Å². The molecule has 2 N–H and O–H groups in total. The van der Waals surface area contributed by atoms with E-state index < -0.39 is 0 Å². The fourth-order valence-corrected chi connectivity index (χ4v) is 3.05. The Morgan fingerprint density at radius 1 is 1.48 bits per heavy atom. The number of esters is 1. The van der Waals surface area contributed by atoms with Crippen molar-refractivity contribution in [2.75, 3.05) is 13.2 Å². The summed E-state index contributed by atoms with van der Waals surface area (Å²) in [4.78, 5) is 12.3. The average Bonchev–Trinajstić information content (AvgIpc) is 3.05. The van der Waals surface area contributed by atoms with Crippen molar-refractivity contribution >= 4 is 5.97 Å². The molecule has 2 rings (SSSR count). The zero-order valence-electron chi connectivity index (χ0n) is 14.8. The lowest BCUT2D eigenvalue weighted by Gasteiger charge is -2.26. The van der Waals surface area contributed by atoms with E-state index in [0.29, 0.717) is 12.3 Å². The summed E-state index contributed by atoms with van der Waals surface area (Å²) in [6.45, 7) is 10.6. The summed E-state index contributed by atoms with van der Waals surface area (Å²) in [5.74, 6) is -0.342. The summed E-state index contributed by atoms with van der Waals surface area (Å²) in [5.41, 5.74) is 2.41. The Balaban J connectivity index is 2.35. The molecule has 0 saturated carbocycles. The molecular weight excluding hydrogens is 294 g/mol. The quantitative estimate of drug-likeness (QED) is 0.746. The van der Waals surface area contributed by atoms with Crippen LogP contribution in [0.4, 0.5) is 0 Å². The maximum absolute atomic E-state index is 12.3. The van der Waals surface area contributed by atoms with Gasteiger partial charge in [-0.1, -0.05) is 6.92 Å². The third-order valence-corrected chi connectivity index (χ3v) is 4.68. The van der Waals surface area contributed by atoms with Gasteiger partial charge in [-0.25, -0.2) is 4.79 Å². The molecule has 1 aromatic rings. The normalized spacial score (nSPS) is 18.8. The van der Waals surface area contributed by atoms with Gasteiger partial charge >= 0.3 is 5.97 Å². The Morgan fingerprint density at radius 2 is 2.17 bits per heavy atom. The monoisotopic (exact) mass is 323 g/mol. The van der Waals surface area contributed by atoms with Gasteiger partial charge in [0, 0.05) is 29.8 Å². The highest BCUT2D eigenvalue weighted by Crippen LogP contribution is 2.32. The first-order valence-corrected chi connectivity index (χ1v) is 8.49. The van der Waals surface area contributed by atoms with Crippen LogP contribution in [0.25, 0.3) is 0 Å². The zero-order valence-corrected chi connectivity index (χ0v) is 14.8. The van der Waals surface area contributed by atoms with Crippen LogP contribution in [0.15, 0.2) is 0 Å². The van der Waals surface area contributed by atoms with E-state index in [2.05, 4.69) is 31.2 Å². The van der Waals surface area contributed by atoms with Gasteiger partial charge < -0.3 is 15.2 Å². The second-order valence-electron chi connectivity index (χ2n) is 6.93. The summed E-state index contributed by atoms with van der Waals surface area (Å²) in [7, 11) is 0. The first-order valence-electron chi connectivity index (χ1n) is 8.49. The SMILES string of the molecule is CCOC(=O)c1nn(C(C)(C)CC)c2c1CC(NC(C)CO)C2. The number of hydrogen-bond acceptors (Lipinski definition) is 5. The second kappa shape index (κ2) is 7.01. The molecule has 130 valence electrons. The minimum absolute atomic E-state index is 0.0376. The Morgan fingerprint density at radius 3 is 2.74 bits per heavy atom. The molecule has 6 heteroatoms. The third-order valence-electron chi connectivity index (χ3n) is 4.68. The Kier molecular flexibility index (Phi) is 5.47. The summed E-state index contributed by atoms with van der Waals surface area (Å²) in [5, 5.41) is 17.2. The fraction of sp³-hybridized carbons (Fsp3) is 0.765. The van der Waals surface area contributed by atoms with Crippen molar-refractivity contribution in [3.8, 4) is 0 Å². The summed E-state index contributed by atoms with van der Waals surface area (Å²) in [6, 6.07) is 0.257. The highest BCUT2D eigenvalue weighted by molar-refractivity contribution is 5.89. The van der Waals surface area contributed by atoms with Crippen LogP contribution in [0.5, 0.6) is 0 Å². The molecule has 0 radical (unpaired) electrons. The number of hydrogen-bond donors (Lipinski definition) is 2. The molecule has 1 aliphatic rings. The number of fused-ring (bicyclic) bond motifs is 1. The molecule has 2 unspecified atom stereocenters. The van der Waals surface area contributed by atoms with Crippen molar-refractivity contribution in [3.05, 3.63) is 17.0 Å². The van der Waals surface area contributed by atoms with Crippen LogP contribution in [0.3, 0.4) is 0 Å². The van der Waals surface area contributed by atoms with E-state index in [1.54, 1.807) is 6.92 Å². The first kappa shape index (κ1) is 17.9. The number of carbonyl (C=O) groups excluding carboxylic acids is 1. The molecule has 0 bridgehead atoms. The maximum Gasteiger partial charge on any atom is 0.359 e. The molecule has 0 saturated heterocycles. The van der Waals surface area contributed by atoms with E-state index in [4.69, 9.17) is 4.74 Å². The molecule has 1 heterocycles. The molecule has 1 aliphatic carbocycles. The van der Waals surface area contributed by atoms with E-state index in [1.165, 1.54) is 0 Å². The lowest BCUT2D eigenvalue weighted by molar-refractivity contribution is 0.0516. The number of ether oxygens (including phenoxy) is 1. The third kappa shape index (κ3) is 3.58. The molecule has 0 aliphatic heterocycles. The van der Waals surface area contributed by atoms with Crippen LogP contribution in [0.1, 0.15) is 62.8 Å². The number of aliphatic hydroxyl groups is 1. The van der Waals surface area contributed by atoms with Gasteiger partial charge in [-0.3, -0.25) is 4.68 Å². The number of aromatic nitrogens is 2. The molecule has 0 spiro atoms. The second-order valence-corrected chi connectivity index (χ2v) is 6.93. The first-order chi connectivity index (χ1) is 10.8. The average molecular weight is 323 g/mol. The van der Waals surface area contributed by atoms with Crippen LogP contribution < -0.4 is 5.32 Å². The van der Waals surface area contributed by atoms with E-state index >= 15 is 0 Å². The summed E-state index contributed by atoms with van der Waals surface area (Å²) < 4.78 is 7.18. The summed E-state index contributed by atoms with van der Waals surface area (Å²) in [6.07, 6.45) is 2.48. The van der Waals surface area contributed by atoms with Crippen molar-refractivity contribution < 1.29 is 14.6 Å². The van der Waals surface area contributed by atoms with Crippen LogP contribution in [-0.4, -0.2) is 46.2 Å².